The number of fused-ring (bicyclic) bond motifs is 3. The van der Waals surface area contributed by atoms with E-state index in [0.717, 1.165) is 39.5 Å². The van der Waals surface area contributed by atoms with Crippen LogP contribution in [-0.2, 0) is 10.8 Å². The van der Waals surface area contributed by atoms with E-state index in [-0.39, 0.29) is 22.3 Å². The highest BCUT2D eigenvalue weighted by Crippen LogP contribution is 2.42. The van der Waals surface area contributed by atoms with E-state index >= 15 is 0 Å². The van der Waals surface area contributed by atoms with Gasteiger partial charge in [-0.3, -0.25) is 9.98 Å². The van der Waals surface area contributed by atoms with Crippen LogP contribution in [0.3, 0.4) is 0 Å². The summed E-state index contributed by atoms with van der Waals surface area (Å²) in [5, 5.41) is 25.3. The Morgan fingerprint density at radius 1 is 0.735 bits per heavy atom. The van der Waals surface area contributed by atoms with Gasteiger partial charge < -0.3 is 10.2 Å². The molecule has 250 valence electrons. The minimum atomic E-state index is -0.206. The van der Waals surface area contributed by atoms with Crippen molar-refractivity contribution in [3.8, 4) is 34.0 Å². The lowest BCUT2D eigenvalue weighted by molar-refractivity contribution is 0.473. The second-order valence-corrected chi connectivity index (χ2v) is 14.4. The van der Waals surface area contributed by atoms with Gasteiger partial charge in [-0.05, 0) is 77.1 Å². The summed E-state index contributed by atoms with van der Waals surface area (Å²) in [7, 11) is 1.74. The molecule has 0 amide bonds. The van der Waals surface area contributed by atoms with Crippen molar-refractivity contribution >= 4 is 45.9 Å². The minimum Gasteiger partial charge on any atom is -0.507 e. The topological polar surface area (TPSA) is 91.0 Å². The molecule has 0 spiro atoms. The van der Waals surface area contributed by atoms with Gasteiger partial charge in [-0.15, -0.1) is 0 Å². The average Bonchev–Trinajstić information content (AvgIpc) is 3.06. The zero-order chi connectivity index (χ0) is 35.7. The molecule has 0 bridgehead atoms. The van der Waals surface area contributed by atoms with E-state index in [4.69, 9.17) is 9.97 Å². The highest BCUT2D eigenvalue weighted by molar-refractivity contribution is 6.12. The van der Waals surface area contributed by atoms with E-state index in [0.29, 0.717) is 44.7 Å². The lowest BCUT2D eigenvalue weighted by atomic mass is 9.83. The Morgan fingerprint density at radius 2 is 1.18 bits per heavy atom. The average molecular weight is 651 g/mol. The molecule has 5 aromatic rings. The SMILES string of the molecule is C=C/C(=C\N=C)c1cc(C(C)(C)C)cc(-c2ccc3ccc4ccc(-c5cc(C(C)(C)C)cc(/C(C=NC)=C/CC)c5O)nc4c3n2)c1O. The fourth-order valence-electron chi connectivity index (χ4n) is 5.96. The molecule has 2 aromatic heterocycles. The normalized spacial score (nSPS) is 13.1. The number of hydrogen-bond donors (Lipinski definition) is 2. The Balaban J connectivity index is 1.79. The van der Waals surface area contributed by atoms with Crippen molar-refractivity contribution in [2.45, 2.75) is 65.7 Å². The number of pyridine rings is 2. The molecule has 0 aliphatic heterocycles. The molecule has 5 rings (SSSR count). The molecule has 6 nitrogen and oxygen atoms in total. The van der Waals surface area contributed by atoms with Gasteiger partial charge in [-0.1, -0.05) is 91.5 Å². The van der Waals surface area contributed by atoms with Gasteiger partial charge in [-0.2, -0.15) is 0 Å². The fraction of sp³-hybridized carbons (Fsp3) is 0.256. The van der Waals surface area contributed by atoms with E-state index in [1.165, 1.54) is 0 Å². The van der Waals surface area contributed by atoms with Crippen molar-refractivity contribution in [1.82, 2.24) is 9.97 Å². The number of rotatable bonds is 8. The van der Waals surface area contributed by atoms with Crippen LogP contribution >= 0.6 is 0 Å². The van der Waals surface area contributed by atoms with Crippen LogP contribution in [-0.4, -0.2) is 40.2 Å². The van der Waals surface area contributed by atoms with Crippen LogP contribution in [0.1, 0.15) is 77.1 Å². The van der Waals surface area contributed by atoms with Crippen molar-refractivity contribution < 1.29 is 10.2 Å². The number of nitrogens with zero attached hydrogens (tertiary/aromatic N) is 4. The van der Waals surface area contributed by atoms with Crippen molar-refractivity contribution in [1.29, 1.82) is 0 Å². The van der Waals surface area contributed by atoms with E-state index < -0.39 is 0 Å². The van der Waals surface area contributed by atoms with Gasteiger partial charge in [0.25, 0.3) is 0 Å². The van der Waals surface area contributed by atoms with E-state index in [2.05, 4.69) is 83.9 Å². The molecule has 3 aromatic carbocycles. The molecule has 49 heavy (non-hydrogen) atoms. The molecule has 0 fully saturated rings. The Hall–Kier alpha value is -5.36. The summed E-state index contributed by atoms with van der Waals surface area (Å²) < 4.78 is 0. The third-order valence-electron chi connectivity index (χ3n) is 8.79. The maximum atomic E-state index is 11.8. The van der Waals surface area contributed by atoms with Gasteiger partial charge in [0.2, 0.25) is 0 Å². The smallest absolute Gasteiger partial charge is 0.132 e. The molecule has 0 saturated carbocycles. The fourth-order valence-corrected chi connectivity index (χ4v) is 5.96. The molecule has 0 unspecified atom stereocenters. The molecule has 0 radical (unpaired) electrons. The largest absolute Gasteiger partial charge is 0.507 e. The molecule has 2 N–H and O–H groups in total. The molecule has 2 heterocycles. The molecule has 0 aliphatic rings. The Morgan fingerprint density at radius 3 is 1.57 bits per heavy atom. The number of aromatic nitrogens is 2. The quantitative estimate of drug-likeness (QED) is 0.0993. The molecule has 0 atom stereocenters. The first-order chi connectivity index (χ1) is 23.2. The third kappa shape index (κ3) is 6.95. The predicted molar refractivity (Wildman–Crippen MR) is 209 cm³/mol. The van der Waals surface area contributed by atoms with E-state index in [1.54, 1.807) is 25.5 Å². The third-order valence-corrected chi connectivity index (χ3v) is 8.79. The van der Waals surface area contributed by atoms with Gasteiger partial charge in [0.1, 0.15) is 11.5 Å². The van der Waals surface area contributed by atoms with Gasteiger partial charge in [-0.25, -0.2) is 9.97 Å². The molecule has 6 heteroatoms. The summed E-state index contributed by atoms with van der Waals surface area (Å²) in [6.07, 6.45) is 7.92. The maximum Gasteiger partial charge on any atom is 0.132 e. The summed E-state index contributed by atoms with van der Waals surface area (Å²) in [5.74, 6) is 0.247. The van der Waals surface area contributed by atoms with Crippen LogP contribution < -0.4 is 0 Å². The second kappa shape index (κ2) is 13.6. The summed E-state index contributed by atoms with van der Waals surface area (Å²) in [4.78, 5) is 18.5. The van der Waals surface area contributed by atoms with Crippen molar-refractivity contribution in [2.75, 3.05) is 7.05 Å². The predicted octanol–water partition coefficient (Wildman–Crippen LogP) is 10.8. The number of hydrogen-bond acceptors (Lipinski definition) is 6. The van der Waals surface area contributed by atoms with Crippen LogP contribution in [0.4, 0.5) is 0 Å². The lowest BCUT2D eigenvalue weighted by Gasteiger charge is -2.23. The van der Waals surface area contributed by atoms with Crippen LogP contribution in [0.5, 0.6) is 11.5 Å². The van der Waals surface area contributed by atoms with Crippen molar-refractivity contribution in [3.05, 3.63) is 108 Å². The first-order valence-electron chi connectivity index (χ1n) is 16.6. The van der Waals surface area contributed by atoms with Gasteiger partial charge in [0, 0.05) is 58.1 Å². The van der Waals surface area contributed by atoms with Gasteiger partial charge in [0.05, 0.1) is 22.4 Å². The van der Waals surface area contributed by atoms with E-state index in [9.17, 15) is 10.2 Å². The Labute approximate surface area is 290 Å². The van der Waals surface area contributed by atoms with Crippen LogP contribution in [0.2, 0.25) is 0 Å². The molecule has 0 aliphatic carbocycles. The van der Waals surface area contributed by atoms with Gasteiger partial charge >= 0.3 is 0 Å². The van der Waals surface area contributed by atoms with Crippen LogP contribution in [0, 0.1) is 0 Å². The standard InChI is InChI=1S/C43H46N4O2/c1-11-13-29(25-45-10)33-21-31(43(6,7)8)23-35(41(33)49)37-19-17-28-15-14-27-16-18-36(46-38(27)39(28)47-37)34-22-30(42(3,4)5)20-32(40(34)48)26(12-2)24-44-9/h12-25,48-49H,2,9,11H2,1,3-8,10H3/b26-24+,29-13+,45-25?. The highest BCUT2D eigenvalue weighted by Gasteiger charge is 2.23. The lowest BCUT2D eigenvalue weighted by Crippen LogP contribution is -2.12. The Kier molecular flexibility index (Phi) is 9.73. The summed E-state index contributed by atoms with van der Waals surface area (Å²) >= 11 is 0. The van der Waals surface area contributed by atoms with Crippen molar-refractivity contribution in [3.63, 3.8) is 0 Å². The zero-order valence-electron chi connectivity index (χ0n) is 29.9. The van der Waals surface area contributed by atoms with Gasteiger partial charge in [0.15, 0.2) is 0 Å². The summed E-state index contributed by atoms with van der Waals surface area (Å²) in [5.41, 5.74) is 8.47. The van der Waals surface area contributed by atoms with Crippen LogP contribution in [0.15, 0.2) is 95.6 Å². The molecular weight excluding hydrogens is 604 g/mol. The first kappa shape index (κ1) is 35.0. The first-order valence-corrected chi connectivity index (χ1v) is 16.6. The number of allylic oxidation sites excluding steroid dienone is 4. The summed E-state index contributed by atoms with van der Waals surface area (Å²) in [6.45, 7) is 22.5. The van der Waals surface area contributed by atoms with E-state index in [1.807, 2.05) is 54.6 Å². The molecular formula is C43H46N4O2. The maximum absolute atomic E-state index is 11.8. The number of phenolic OH excluding ortho intramolecular Hbond substituents is 2. The van der Waals surface area contributed by atoms with Crippen molar-refractivity contribution in [2.24, 2.45) is 9.98 Å². The number of phenols is 2. The monoisotopic (exact) mass is 650 g/mol. The number of aromatic hydroxyl groups is 2. The Bertz CT molecular complexity index is 2190. The number of benzene rings is 3. The number of aliphatic imine (C=N–C) groups is 2. The second-order valence-electron chi connectivity index (χ2n) is 14.4. The summed E-state index contributed by atoms with van der Waals surface area (Å²) in [6, 6.07) is 20.0. The highest BCUT2D eigenvalue weighted by atomic mass is 16.3. The zero-order valence-corrected chi connectivity index (χ0v) is 29.9. The molecule has 0 saturated heterocycles. The minimum absolute atomic E-state index is 0.0894. The van der Waals surface area contributed by atoms with Crippen LogP contribution in [0.25, 0.3) is 55.5 Å².